The average Bonchev–Trinajstić information content (AvgIpc) is 2.87. The molecule has 0 unspecified atom stereocenters. The summed E-state index contributed by atoms with van der Waals surface area (Å²) in [6.07, 6.45) is 0. The van der Waals surface area contributed by atoms with Crippen LogP contribution in [0.15, 0.2) is 38.9 Å². The highest BCUT2D eigenvalue weighted by molar-refractivity contribution is 14.1. The molecule has 0 spiro atoms. The smallest absolute Gasteiger partial charge is 0.178 e. The van der Waals surface area contributed by atoms with Crippen LogP contribution < -0.4 is 5.32 Å². The van der Waals surface area contributed by atoms with Gasteiger partial charge in [-0.25, -0.2) is 9.62 Å². The first-order valence-corrected chi connectivity index (χ1v) is 8.25. The molecule has 2 aromatic rings. The number of benzene rings is 1. The monoisotopic (exact) mass is 422 g/mol. The second kappa shape index (κ2) is 7.96. The minimum Gasteiger partial charge on any atom is -0.319 e. The van der Waals surface area contributed by atoms with Crippen molar-refractivity contribution < 1.29 is 4.63 Å². The van der Waals surface area contributed by atoms with Gasteiger partial charge in [-0.1, -0.05) is 29.4 Å². The highest BCUT2D eigenvalue weighted by Crippen LogP contribution is 2.23. The quantitative estimate of drug-likeness (QED) is 0.335. The molecule has 1 aromatic carbocycles. The first kappa shape index (κ1) is 15.7. The number of thioether (sulfide) groups is 1. The molecule has 1 heterocycles. The fraction of sp³-hybridized carbons (Fsp3) is 0.250. The summed E-state index contributed by atoms with van der Waals surface area (Å²) in [4.78, 5) is 4.34. The van der Waals surface area contributed by atoms with Gasteiger partial charge in [-0.2, -0.15) is 0 Å². The van der Waals surface area contributed by atoms with Gasteiger partial charge in [0.2, 0.25) is 0 Å². The van der Waals surface area contributed by atoms with Crippen LogP contribution in [0.3, 0.4) is 0 Å². The van der Waals surface area contributed by atoms with Gasteiger partial charge in [0.05, 0.1) is 5.69 Å². The number of hydrogen-bond donors (Lipinski definition) is 1. The second-order valence-corrected chi connectivity index (χ2v) is 6.44. The number of halogens is 2. The molecule has 0 saturated carbocycles. The van der Waals surface area contributed by atoms with E-state index in [1.54, 1.807) is 0 Å². The molecule has 0 fully saturated rings. The summed E-state index contributed by atoms with van der Waals surface area (Å²) in [7, 11) is 1.90. The van der Waals surface area contributed by atoms with E-state index >= 15 is 0 Å². The van der Waals surface area contributed by atoms with E-state index in [1.165, 1.54) is 11.8 Å². The normalized spacial score (nSPS) is 11.8. The van der Waals surface area contributed by atoms with E-state index in [2.05, 4.69) is 43.2 Å². The predicted octanol–water partition coefficient (Wildman–Crippen LogP) is 3.30. The SMILES string of the molecule is CNCCSc1nonc1/C(Cl)=N/c1cccc(I)c1. The number of hydrogen-bond acceptors (Lipinski definition) is 6. The van der Waals surface area contributed by atoms with E-state index in [0.29, 0.717) is 10.7 Å². The van der Waals surface area contributed by atoms with E-state index < -0.39 is 0 Å². The third kappa shape index (κ3) is 4.44. The molecule has 0 radical (unpaired) electrons. The van der Waals surface area contributed by atoms with Crippen LogP contribution in [0.4, 0.5) is 5.69 Å². The van der Waals surface area contributed by atoms with Crippen LogP contribution in [0.25, 0.3) is 0 Å². The lowest BCUT2D eigenvalue weighted by molar-refractivity contribution is 0.298. The largest absolute Gasteiger partial charge is 0.319 e. The molecule has 5 nitrogen and oxygen atoms in total. The van der Waals surface area contributed by atoms with Crippen molar-refractivity contribution in [2.75, 3.05) is 19.3 Å². The number of rotatable bonds is 6. The van der Waals surface area contributed by atoms with Gasteiger partial charge < -0.3 is 5.32 Å². The van der Waals surface area contributed by atoms with Gasteiger partial charge in [-0.15, -0.1) is 0 Å². The van der Waals surface area contributed by atoms with Crippen molar-refractivity contribution in [1.29, 1.82) is 0 Å². The summed E-state index contributed by atoms with van der Waals surface area (Å²) in [5, 5.41) is 11.7. The molecule has 0 amide bonds. The zero-order valence-corrected chi connectivity index (χ0v) is 14.4. The molecule has 0 saturated heterocycles. The Labute approximate surface area is 139 Å². The summed E-state index contributed by atoms with van der Waals surface area (Å²) in [6.45, 7) is 0.864. The number of nitrogens with one attached hydrogen (secondary N) is 1. The molecule has 0 aliphatic heterocycles. The maximum Gasteiger partial charge on any atom is 0.178 e. The number of aliphatic imine (C=N–C) groups is 1. The van der Waals surface area contributed by atoms with Gasteiger partial charge in [-0.05, 0) is 58.2 Å². The van der Waals surface area contributed by atoms with Gasteiger partial charge in [0.15, 0.2) is 15.9 Å². The molecule has 1 aromatic heterocycles. The van der Waals surface area contributed by atoms with Crippen LogP contribution in [0.2, 0.25) is 0 Å². The fourth-order valence-electron chi connectivity index (χ4n) is 1.36. The minimum absolute atomic E-state index is 0.278. The van der Waals surface area contributed by atoms with Crippen LogP contribution in [-0.4, -0.2) is 34.8 Å². The molecule has 0 atom stereocenters. The minimum atomic E-state index is 0.278. The van der Waals surface area contributed by atoms with Crippen molar-refractivity contribution >= 4 is 56.8 Å². The third-order valence-electron chi connectivity index (χ3n) is 2.28. The van der Waals surface area contributed by atoms with Gasteiger partial charge in [0, 0.05) is 15.9 Å². The molecule has 0 bridgehead atoms. The number of aromatic nitrogens is 2. The Morgan fingerprint density at radius 2 is 2.35 bits per heavy atom. The van der Waals surface area contributed by atoms with Gasteiger partial charge >= 0.3 is 0 Å². The fourth-order valence-corrected chi connectivity index (χ4v) is 3.02. The number of nitrogens with zero attached hydrogens (tertiary/aromatic N) is 3. The van der Waals surface area contributed by atoms with Crippen molar-refractivity contribution in [3.05, 3.63) is 33.5 Å². The zero-order valence-electron chi connectivity index (χ0n) is 10.6. The van der Waals surface area contributed by atoms with Crippen molar-refractivity contribution in [3.8, 4) is 0 Å². The van der Waals surface area contributed by atoms with Crippen LogP contribution >= 0.6 is 46.0 Å². The predicted molar refractivity (Wildman–Crippen MR) is 90.2 cm³/mol. The standard InChI is InChI=1S/C12H12ClIN4OS/c1-15-5-6-20-12-10(17-19-18-12)11(13)16-9-4-2-3-8(14)7-9/h2-4,7,15H,5-6H2,1H3/b16-11-. The lowest BCUT2D eigenvalue weighted by Crippen LogP contribution is -2.10. The molecule has 0 aliphatic rings. The van der Waals surface area contributed by atoms with Crippen LogP contribution in [0, 0.1) is 3.57 Å². The summed E-state index contributed by atoms with van der Waals surface area (Å²) < 4.78 is 5.84. The summed E-state index contributed by atoms with van der Waals surface area (Å²) >= 11 is 9.96. The van der Waals surface area contributed by atoms with Crippen molar-refractivity contribution in [1.82, 2.24) is 15.6 Å². The Morgan fingerprint density at radius 3 is 3.10 bits per heavy atom. The third-order valence-corrected chi connectivity index (χ3v) is 4.16. The molecular weight excluding hydrogens is 411 g/mol. The average molecular weight is 423 g/mol. The molecule has 0 aliphatic carbocycles. The van der Waals surface area contributed by atoms with Gasteiger partial charge in [0.25, 0.3) is 0 Å². The summed E-state index contributed by atoms with van der Waals surface area (Å²) in [5.41, 5.74) is 1.25. The zero-order chi connectivity index (χ0) is 14.4. The Morgan fingerprint density at radius 1 is 1.50 bits per heavy atom. The van der Waals surface area contributed by atoms with E-state index in [0.717, 1.165) is 21.6 Å². The highest BCUT2D eigenvalue weighted by atomic mass is 127. The highest BCUT2D eigenvalue weighted by Gasteiger charge is 2.15. The Hall–Kier alpha value is -0.640. The Kier molecular flexibility index (Phi) is 6.27. The van der Waals surface area contributed by atoms with Crippen LogP contribution in [0.5, 0.6) is 0 Å². The molecule has 1 N–H and O–H groups in total. The van der Waals surface area contributed by atoms with Crippen LogP contribution in [-0.2, 0) is 0 Å². The topological polar surface area (TPSA) is 63.3 Å². The summed E-state index contributed by atoms with van der Waals surface area (Å²) in [5.74, 6) is 0.852. The lowest BCUT2D eigenvalue weighted by Gasteiger charge is -1.99. The maximum absolute atomic E-state index is 6.21. The van der Waals surface area contributed by atoms with E-state index in [-0.39, 0.29) is 5.17 Å². The van der Waals surface area contributed by atoms with E-state index in [4.69, 9.17) is 16.2 Å². The summed E-state index contributed by atoms with van der Waals surface area (Å²) in [6, 6.07) is 7.73. The molecule has 2 rings (SSSR count). The molecule has 8 heteroatoms. The molecular formula is C12H12ClIN4OS. The molecule has 106 valence electrons. The Balaban J connectivity index is 2.16. The van der Waals surface area contributed by atoms with Crippen molar-refractivity contribution in [3.63, 3.8) is 0 Å². The van der Waals surface area contributed by atoms with Gasteiger partial charge in [-0.3, -0.25) is 0 Å². The second-order valence-electron chi connectivity index (χ2n) is 3.75. The Bertz CT molecular complexity index is 605. The van der Waals surface area contributed by atoms with Gasteiger partial charge in [0.1, 0.15) is 0 Å². The first-order valence-electron chi connectivity index (χ1n) is 5.81. The van der Waals surface area contributed by atoms with E-state index in [1.807, 2.05) is 31.3 Å². The van der Waals surface area contributed by atoms with Crippen LogP contribution in [0.1, 0.15) is 5.69 Å². The van der Waals surface area contributed by atoms with E-state index in [9.17, 15) is 0 Å². The molecule has 20 heavy (non-hydrogen) atoms. The first-order chi connectivity index (χ1) is 9.70. The lowest BCUT2D eigenvalue weighted by atomic mass is 10.3. The maximum atomic E-state index is 6.21. The van der Waals surface area contributed by atoms with Crippen molar-refractivity contribution in [2.45, 2.75) is 5.03 Å². The van der Waals surface area contributed by atoms with Crippen molar-refractivity contribution in [2.24, 2.45) is 4.99 Å².